The van der Waals surface area contributed by atoms with Crippen LogP contribution in [0.25, 0.3) is 71.3 Å². The number of rotatable bonds is 0. The maximum Gasteiger partial charge on any atom is 0.160 e. The normalized spacial score (nSPS) is 12.5. The zero-order valence-corrected chi connectivity index (χ0v) is 16.2. The van der Waals surface area contributed by atoms with Gasteiger partial charge in [-0.15, -0.1) is 0 Å². The summed E-state index contributed by atoms with van der Waals surface area (Å²) in [6, 6.07) is 20.5. The van der Waals surface area contributed by atoms with Gasteiger partial charge in [0.25, 0.3) is 0 Å². The number of fused-ring (bicyclic) bond motifs is 14. The highest BCUT2D eigenvalue weighted by atomic mass is 16.3. The van der Waals surface area contributed by atoms with E-state index in [0.29, 0.717) is 0 Å². The predicted molar refractivity (Wildman–Crippen MR) is 123 cm³/mol. The highest BCUT2D eigenvalue weighted by Crippen LogP contribution is 2.42. The molecule has 144 valence electrons. The first kappa shape index (κ1) is 15.5. The van der Waals surface area contributed by atoms with Crippen LogP contribution in [0.2, 0.25) is 0 Å². The molecule has 3 aromatic carbocycles. The van der Waals surface area contributed by atoms with Gasteiger partial charge < -0.3 is 8.83 Å². The van der Waals surface area contributed by atoms with Gasteiger partial charge in [-0.3, -0.25) is 9.38 Å². The molecule has 0 N–H and O–H groups in total. The first-order valence-corrected chi connectivity index (χ1v) is 10.2. The van der Waals surface area contributed by atoms with Crippen molar-refractivity contribution >= 4 is 71.3 Å². The number of furan rings is 2. The summed E-state index contributed by atoms with van der Waals surface area (Å²) in [4.78, 5) is 9.26. The van der Waals surface area contributed by atoms with Crippen molar-refractivity contribution in [3.8, 4) is 0 Å². The van der Waals surface area contributed by atoms with Gasteiger partial charge in [0.2, 0.25) is 0 Å². The van der Waals surface area contributed by atoms with Crippen LogP contribution in [0.5, 0.6) is 0 Å². The Morgan fingerprint density at radius 1 is 0.613 bits per heavy atom. The molecule has 8 aromatic rings. The summed E-state index contributed by atoms with van der Waals surface area (Å²) in [7, 11) is 0. The lowest BCUT2D eigenvalue weighted by Crippen LogP contribution is -1.92. The van der Waals surface area contributed by atoms with E-state index in [1.165, 1.54) is 0 Å². The van der Waals surface area contributed by atoms with Gasteiger partial charge in [0.05, 0.1) is 10.9 Å². The molecule has 31 heavy (non-hydrogen) atoms. The first-order valence-electron chi connectivity index (χ1n) is 10.2. The maximum atomic E-state index is 6.46. The summed E-state index contributed by atoms with van der Waals surface area (Å²) in [5.41, 5.74) is 6.13. The summed E-state index contributed by atoms with van der Waals surface area (Å²) in [5.74, 6) is 0. The molecule has 0 fully saturated rings. The standard InChI is InChI=1S/C26H13N3O2/c1-2-6-19-14(4-1)15-9-10-20-21(24(15)30-19)16-7-8-17-22-18(5-3-11-27-22)26-28-12-13-29(26)23(17)25(16)31-20/h1-13H. The third-order valence-corrected chi connectivity index (χ3v) is 6.31. The summed E-state index contributed by atoms with van der Waals surface area (Å²) in [5, 5.41) is 6.29. The van der Waals surface area contributed by atoms with Gasteiger partial charge in [-0.05, 0) is 42.5 Å². The van der Waals surface area contributed by atoms with E-state index in [4.69, 9.17) is 8.83 Å². The molecule has 0 radical (unpaired) electrons. The van der Waals surface area contributed by atoms with Crippen LogP contribution in [0.4, 0.5) is 0 Å². The fourth-order valence-corrected chi connectivity index (χ4v) is 5.01. The van der Waals surface area contributed by atoms with Crippen LogP contribution in [-0.4, -0.2) is 14.4 Å². The Labute approximate surface area is 174 Å². The molecule has 0 saturated heterocycles. The first-order chi connectivity index (χ1) is 15.4. The van der Waals surface area contributed by atoms with Gasteiger partial charge >= 0.3 is 0 Å². The van der Waals surface area contributed by atoms with Gasteiger partial charge in [0.15, 0.2) is 5.58 Å². The van der Waals surface area contributed by atoms with E-state index in [9.17, 15) is 0 Å². The van der Waals surface area contributed by atoms with Crippen molar-refractivity contribution < 1.29 is 8.83 Å². The van der Waals surface area contributed by atoms with Crippen molar-refractivity contribution in [1.29, 1.82) is 0 Å². The van der Waals surface area contributed by atoms with Gasteiger partial charge in [-0.1, -0.05) is 18.2 Å². The molecular weight excluding hydrogens is 386 g/mol. The fourth-order valence-electron chi connectivity index (χ4n) is 5.01. The van der Waals surface area contributed by atoms with Crippen molar-refractivity contribution in [1.82, 2.24) is 14.4 Å². The Hall–Kier alpha value is -4.38. The van der Waals surface area contributed by atoms with Crippen LogP contribution in [0.15, 0.2) is 88.1 Å². The molecule has 0 aliphatic carbocycles. The Morgan fingerprint density at radius 2 is 1.45 bits per heavy atom. The van der Waals surface area contributed by atoms with Crippen LogP contribution in [0.3, 0.4) is 0 Å². The molecule has 0 atom stereocenters. The van der Waals surface area contributed by atoms with E-state index in [1.807, 2.05) is 48.9 Å². The van der Waals surface area contributed by atoms with Crippen molar-refractivity contribution in [3.63, 3.8) is 0 Å². The molecule has 8 rings (SSSR count). The van der Waals surface area contributed by atoms with E-state index < -0.39 is 0 Å². The summed E-state index contributed by atoms with van der Waals surface area (Å²) in [6.45, 7) is 0. The lowest BCUT2D eigenvalue weighted by molar-refractivity contribution is 0.664. The molecule has 5 heterocycles. The van der Waals surface area contributed by atoms with E-state index in [-0.39, 0.29) is 0 Å². The molecular formula is C26H13N3O2. The highest BCUT2D eigenvalue weighted by molar-refractivity contribution is 6.26. The number of benzene rings is 3. The predicted octanol–water partition coefficient (Wildman–Crippen LogP) is 6.83. The topological polar surface area (TPSA) is 56.5 Å². The smallest absolute Gasteiger partial charge is 0.160 e. The second-order valence-corrected chi connectivity index (χ2v) is 7.87. The molecule has 5 aromatic heterocycles. The third-order valence-electron chi connectivity index (χ3n) is 6.31. The number of aromatic nitrogens is 3. The number of hydrogen-bond donors (Lipinski definition) is 0. The molecule has 0 spiro atoms. The lowest BCUT2D eigenvalue weighted by Gasteiger charge is -2.07. The minimum atomic E-state index is 0.809. The summed E-state index contributed by atoms with van der Waals surface area (Å²) >= 11 is 0. The van der Waals surface area contributed by atoms with Crippen molar-refractivity contribution in [2.45, 2.75) is 0 Å². The summed E-state index contributed by atoms with van der Waals surface area (Å²) in [6.07, 6.45) is 5.62. The Balaban J connectivity index is 1.66. The van der Waals surface area contributed by atoms with Crippen LogP contribution in [0.1, 0.15) is 0 Å². The van der Waals surface area contributed by atoms with Gasteiger partial charge in [0.1, 0.15) is 27.9 Å². The van der Waals surface area contributed by atoms with Crippen molar-refractivity contribution in [2.75, 3.05) is 0 Å². The van der Waals surface area contributed by atoms with Crippen molar-refractivity contribution in [3.05, 3.63) is 79.3 Å². The molecule has 0 amide bonds. The average molecular weight is 399 g/mol. The molecule has 0 unspecified atom stereocenters. The average Bonchev–Trinajstić information content (AvgIpc) is 3.53. The number of hydrogen-bond acceptors (Lipinski definition) is 4. The molecule has 0 saturated carbocycles. The molecule has 5 heteroatoms. The molecule has 0 aliphatic heterocycles. The Morgan fingerprint density at radius 3 is 2.45 bits per heavy atom. The van der Waals surface area contributed by atoms with Crippen LogP contribution < -0.4 is 0 Å². The molecule has 5 nitrogen and oxygen atoms in total. The number of pyridine rings is 2. The van der Waals surface area contributed by atoms with Crippen molar-refractivity contribution in [2.24, 2.45) is 0 Å². The van der Waals surface area contributed by atoms with E-state index in [0.717, 1.165) is 71.3 Å². The largest absolute Gasteiger partial charge is 0.455 e. The third kappa shape index (κ3) is 1.78. The van der Waals surface area contributed by atoms with Crippen LogP contribution in [0, 0.1) is 0 Å². The summed E-state index contributed by atoms with van der Waals surface area (Å²) < 4.78 is 14.9. The van der Waals surface area contributed by atoms with E-state index in [2.05, 4.69) is 44.7 Å². The minimum Gasteiger partial charge on any atom is -0.455 e. The van der Waals surface area contributed by atoms with E-state index >= 15 is 0 Å². The number of imidazole rings is 1. The quantitative estimate of drug-likeness (QED) is 0.262. The maximum absolute atomic E-state index is 6.46. The van der Waals surface area contributed by atoms with Gasteiger partial charge in [0, 0.05) is 45.5 Å². The second kappa shape index (κ2) is 5.21. The zero-order valence-electron chi connectivity index (χ0n) is 16.2. The highest BCUT2D eigenvalue weighted by Gasteiger charge is 2.20. The van der Waals surface area contributed by atoms with E-state index in [1.54, 1.807) is 0 Å². The zero-order chi connectivity index (χ0) is 20.1. The Kier molecular flexibility index (Phi) is 2.60. The lowest BCUT2D eigenvalue weighted by atomic mass is 10.0. The van der Waals surface area contributed by atoms with Crippen LogP contribution >= 0.6 is 0 Å². The fraction of sp³-hybridized carbons (Fsp3) is 0. The number of para-hydroxylation sites is 1. The van der Waals surface area contributed by atoms with Gasteiger partial charge in [-0.2, -0.15) is 0 Å². The minimum absolute atomic E-state index is 0.809. The SMILES string of the molecule is c1ccc2c(c1)oc1c2ccc2oc3c(ccc4c5ncccc5c5nccn5c43)c21. The van der Waals surface area contributed by atoms with Gasteiger partial charge in [-0.25, -0.2) is 4.98 Å². The molecule has 0 bridgehead atoms. The molecule has 0 aliphatic rings. The van der Waals surface area contributed by atoms with Crippen LogP contribution in [-0.2, 0) is 0 Å². The second-order valence-electron chi connectivity index (χ2n) is 7.87. The number of nitrogens with zero attached hydrogens (tertiary/aromatic N) is 3. The monoisotopic (exact) mass is 399 g/mol. The Bertz CT molecular complexity index is 2010.